The van der Waals surface area contributed by atoms with Crippen LogP contribution < -0.4 is 4.74 Å². The smallest absolute Gasteiger partial charge is 0.265 e. The summed E-state index contributed by atoms with van der Waals surface area (Å²) in [4.78, 5) is 4.33. The van der Waals surface area contributed by atoms with E-state index in [1.165, 1.54) is 7.11 Å². The summed E-state index contributed by atoms with van der Waals surface area (Å²) in [5.41, 5.74) is 0.419. The lowest BCUT2D eigenvalue weighted by molar-refractivity contribution is 0.192. The topological polar surface area (TPSA) is 77.6 Å². The first-order valence-corrected chi connectivity index (χ1v) is 6.07. The largest absolute Gasteiger partial charge is 0.507 e. The van der Waals surface area contributed by atoms with Crippen molar-refractivity contribution in [1.29, 1.82) is 0 Å². The lowest BCUT2D eigenvalue weighted by atomic mass is 10.1. The minimum absolute atomic E-state index is 0.0530. The molecule has 1 aromatic carbocycles. The number of aromatic hydroxyl groups is 1. The van der Waals surface area contributed by atoms with E-state index in [-0.39, 0.29) is 17.6 Å². The quantitative estimate of drug-likeness (QED) is 0.911. The molecule has 0 spiro atoms. The van der Waals surface area contributed by atoms with Crippen LogP contribution in [0.15, 0.2) is 22.7 Å². The molecule has 0 aliphatic carbocycles. The standard InChI is InChI=1S/C13H14N2O4/c1-17-10-4-2-3-9(16)11(10)13-14-12(15-19-13)8-5-6-18-7-8/h2-4,8,16H,5-7H2,1H3/t8-/m1/s1. The Morgan fingerprint density at radius 1 is 1.42 bits per heavy atom. The van der Waals surface area contributed by atoms with E-state index in [1.54, 1.807) is 18.2 Å². The van der Waals surface area contributed by atoms with E-state index in [1.807, 2.05) is 0 Å². The van der Waals surface area contributed by atoms with Gasteiger partial charge in [-0.15, -0.1) is 0 Å². The average molecular weight is 262 g/mol. The van der Waals surface area contributed by atoms with Gasteiger partial charge in [0.1, 0.15) is 17.1 Å². The second kappa shape index (κ2) is 4.89. The van der Waals surface area contributed by atoms with Gasteiger partial charge in [0.15, 0.2) is 5.82 Å². The van der Waals surface area contributed by atoms with E-state index >= 15 is 0 Å². The van der Waals surface area contributed by atoms with E-state index in [0.29, 0.717) is 30.4 Å². The number of methoxy groups -OCH3 is 1. The van der Waals surface area contributed by atoms with Gasteiger partial charge in [-0.05, 0) is 18.6 Å². The number of benzene rings is 1. The molecule has 1 aliphatic rings. The molecule has 1 saturated heterocycles. The number of rotatable bonds is 3. The summed E-state index contributed by atoms with van der Waals surface area (Å²) in [6.45, 7) is 1.32. The maximum absolute atomic E-state index is 9.92. The number of ether oxygens (including phenoxy) is 2. The number of phenols is 1. The fourth-order valence-corrected chi connectivity index (χ4v) is 2.14. The first kappa shape index (κ1) is 12.0. The molecule has 1 aromatic heterocycles. The highest BCUT2D eigenvalue weighted by molar-refractivity contribution is 5.70. The first-order chi connectivity index (χ1) is 9.29. The highest BCUT2D eigenvalue weighted by Crippen LogP contribution is 2.37. The fourth-order valence-electron chi connectivity index (χ4n) is 2.14. The lowest BCUT2D eigenvalue weighted by Crippen LogP contribution is -1.99. The van der Waals surface area contributed by atoms with Crippen molar-refractivity contribution < 1.29 is 19.1 Å². The third-order valence-corrected chi connectivity index (χ3v) is 3.17. The normalized spacial score (nSPS) is 18.7. The van der Waals surface area contributed by atoms with Crippen molar-refractivity contribution in [2.24, 2.45) is 0 Å². The number of hydrogen-bond donors (Lipinski definition) is 1. The van der Waals surface area contributed by atoms with Crippen molar-refractivity contribution in [3.63, 3.8) is 0 Å². The Labute approximate surface area is 110 Å². The maximum atomic E-state index is 9.92. The number of phenolic OH excluding ortho intramolecular Hbond substituents is 1. The van der Waals surface area contributed by atoms with Gasteiger partial charge >= 0.3 is 0 Å². The number of nitrogens with zero attached hydrogens (tertiary/aromatic N) is 2. The molecule has 19 heavy (non-hydrogen) atoms. The third-order valence-electron chi connectivity index (χ3n) is 3.17. The minimum Gasteiger partial charge on any atom is -0.507 e. The Balaban J connectivity index is 1.98. The summed E-state index contributed by atoms with van der Waals surface area (Å²) >= 11 is 0. The van der Waals surface area contributed by atoms with Gasteiger partial charge in [-0.1, -0.05) is 11.2 Å². The maximum Gasteiger partial charge on any atom is 0.265 e. The van der Waals surface area contributed by atoms with E-state index in [4.69, 9.17) is 14.0 Å². The molecule has 1 N–H and O–H groups in total. The molecule has 6 nitrogen and oxygen atoms in total. The van der Waals surface area contributed by atoms with Gasteiger partial charge in [0, 0.05) is 12.5 Å². The van der Waals surface area contributed by atoms with Gasteiger partial charge in [0.2, 0.25) is 0 Å². The van der Waals surface area contributed by atoms with Crippen LogP contribution in [0.4, 0.5) is 0 Å². The SMILES string of the molecule is COc1cccc(O)c1-c1nc([C@@H]2CCOC2)no1. The zero-order valence-electron chi connectivity index (χ0n) is 10.5. The predicted octanol–water partition coefficient (Wildman–Crippen LogP) is 1.95. The third kappa shape index (κ3) is 2.15. The van der Waals surface area contributed by atoms with Crippen LogP contribution in [0.1, 0.15) is 18.2 Å². The monoisotopic (exact) mass is 262 g/mol. The first-order valence-electron chi connectivity index (χ1n) is 6.07. The molecule has 3 rings (SSSR count). The molecule has 100 valence electrons. The van der Waals surface area contributed by atoms with E-state index < -0.39 is 0 Å². The molecule has 0 bridgehead atoms. The second-order valence-electron chi connectivity index (χ2n) is 4.37. The summed E-state index contributed by atoms with van der Waals surface area (Å²) in [5.74, 6) is 1.58. The molecule has 0 saturated carbocycles. The van der Waals surface area contributed by atoms with Crippen LogP contribution >= 0.6 is 0 Å². The van der Waals surface area contributed by atoms with Gasteiger partial charge in [0.25, 0.3) is 5.89 Å². The van der Waals surface area contributed by atoms with Crippen LogP contribution in [0.5, 0.6) is 11.5 Å². The van der Waals surface area contributed by atoms with Gasteiger partial charge < -0.3 is 19.1 Å². The summed E-state index contributed by atoms with van der Waals surface area (Å²) in [6, 6.07) is 4.98. The zero-order valence-corrected chi connectivity index (χ0v) is 10.5. The van der Waals surface area contributed by atoms with Crippen molar-refractivity contribution in [3.8, 4) is 23.0 Å². The minimum atomic E-state index is 0.0530. The molecular formula is C13H14N2O4. The number of aromatic nitrogens is 2. The van der Waals surface area contributed by atoms with Crippen molar-refractivity contribution in [2.45, 2.75) is 12.3 Å². The van der Waals surface area contributed by atoms with Gasteiger partial charge in [-0.3, -0.25) is 0 Å². The molecule has 2 heterocycles. The highest BCUT2D eigenvalue weighted by atomic mass is 16.5. The molecule has 1 fully saturated rings. The van der Waals surface area contributed by atoms with Crippen molar-refractivity contribution in [1.82, 2.24) is 10.1 Å². The summed E-state index contributed by atoms with van der Waals surface area (Å²) in [7, 11) is 1.53. The Bertz CT molecular complexity index is 576. The Hall–Kier alpha value is -2.08. The summed E-state index contributed by atoms with van der Waals surface area (Å²) in [5, 5.41) is 13.9. The van der Waals surface area contributed by atoms with E-state index in [0.717, 1.165) is 6.42 Å². The predicted molar refractivity (Wildman–Crippen MR) is 66.1 cm³/mol. The van der Waals surface area contributed by atoms with Gasteiger partial charge in [-0.2, -0.15) is 4.98 Å². The van der Waals surface area contributed by atoms with Crippen LogP contribution in [0.3, 0.4) is 0 Å². The van der Waals surface area contributed by atoms with Crippen molar-refractivity contribution >= 4 is 0 Å². The molecule has 0 radical (unpaired) electrons. The van der Waals surface area contributed by atoms with Crippen molar-refractivity contribution in [3.05, 3.63) is 24.0 Å². The highest BCUT2D eigenvalue weighted by Gasteiger charge is 2.25. The van der Waals surface area contributed by atoms with Crippen LogP contribution in [-0.2, 0) is 4.74 Å². The summed E-state index contributed by atoms with van der Waals surface area (Å²) < 4.78 is 15.7. The number of hydrogen-bond acceptors (Lipinski definition) is 6. The zero-order chi connectivity index (χ0) is 13.2. The van der Waals surface area contributed by atoms with Gasteiger partial charge in [0.05, 0.1) is 13.7 Å². The molecule has 0 unspecified atom stereocenters. The Morgan fingerprint density at radius 3 is 3.05 bits per heavy atom. The molecule has 2 aromatic rings. The van der Waals surface area contributed by atoms with Crippen LogP contribution in [0, 0.1) is 0 Å². The van der Waals surface area contributed by atoms with E-state index in [9.17, 15) is 5.11 Å². The Kier molecular flexibility index (Phi) is 3.08. The van der Waals surface area contributed by atoms with Crippen LogP contribution in [-0.4, -0.2) is 35.6 Å². The van der Waals surface area contributed by atoms with Crippen LogP contribution in [0.2, 0.25) is 0 Å². The molecular weight excluding hydrogens is 248 g/mol. The second-order valence-corrected chi connectivity index (χ2v) is 4.37. The average Bonchev–Trinajstić information content (AvgIpc) is 3.08. The molecule has 1 aliphatic heterocycles. The summed E-state index contributed by atoms with van der Waals surface area (Å²) in [6.07, 6.45) is 0.886. The lowest BCUT2D eigenvalue weighted by Gasteiger charge is -2.05. The molecule has 6 heteroatoms. The van der Waals surface area contributed by atoms with Gasteiger partial charge in [-0.25, -0.2) is 0 Å². The van der Waals surface area contributed by atoms with Crippen molar-refractivity contribution in [2.75, 3.05) is 20.3 Å². The van der Waals surface area contributed by atoms with E-state index in [2.05, 4.69) is 10.1 Å². The molecule has 0 amide bonds. The molecule has 1 atom stereocenters. The Morgan fingerprint density at radius 2 is 2.32 bits per heavy atom. The fraction of sp³-hybridized carbons (Fsp3) is 0.385. The van der Waals surface area contributed by atoms with Crippen LogP contribution in [0.25, 0.3) is 11.5 Å².